The van der Waals surface area contributed by atoms with Gasteiger partial charge in [-0.25, -0.2) is 0 Å². The molecule has 0 aliphatic carbocycles. The zero-order valence-corrected chi connectivity index (χ0v) is 8.46. The SMILES string of the molecule is C=C/C(=N\N(C)C=C)C(C)(C)C. The van der Waals surface area contributed by atoms with Crippen LogP contribution in [0.25, 0.3) is 0 Å². The first-order valence-corrected chi connectivity index (χ1v) is 3.98. The zero-order chi connectivity index (χ0) is 9.78. The fraction of sp³-hybridized carbons (Fsp3) is 0.500. The molecule has 0 saturated heterocycles. The quantitative estimate of drug-likeness (QED) is 0.465. The van der Waals surface area contributed by atoms with Crippen molar-refractivity contribution in [3.8, 4) is 0 Å². The Morgan fingerprint density at radius 3 is 2.08 bits per heavy atom. The molecule has 0 unspecified atom stereocenters. The number of allylic oxidation sites excluding steroid dienone is 1. The Bertz CT molecular complexity index is 196. The van der Waals surface area contributed by atoms with Crippen LogP contribution >= 0.6 is 0 Å². The van der Waals surface area contributed by atoms with Crippen LogP contribution < -0.4 is 0 Å². The third-order valence-electron chi connectivity index (χ3n) is 1.49. The number of hydrogen-bond donors (Lipinski definition) is 0. The highest BCUT2D eigenvalue weighted by molar-refractivity contribution is 5.98. The van der Waals surface area contributed by atoms with Crippen LogP contribution in [0.5, 0.6) is 0 Å². The molecule has 0 atom stereocenters. The first-order valence-electron chi connectivity index (χ1n) is 3.98. The fourth-order valence-electron chi connectivity index (χ4n) is 0.708. The van der Waals surface area contributed by atoms with Crippen LogP contribution in [0.15, 0.2) is 30.5 Å². The maximum absolute atomic E-state index is 4.30. The number of hydrogen-bond acceptors (Lipinski definition) is 2. The number of nitrogens with zero attached hydrogens (tertiary/aromatic N) is 2. The van der Waals surface area contributed by atoms with E-state index >= 15 is 0 Å². The lowest BCUT2D eigenvalue weighted by Crippen LogP contribution is -2.20. The van der Waals surface area contributed by atoms with Crippen LogP contribution in [0.4, 0.5) is 0 Å². The smallest absolute Gasteiger partial charge is 0.0656 e. The Labute approximate surface area is 75.3 Å². The molecule has 0 saturated carbocycles. The lowest BCUT2D eigenvalue weighted by atomic mass is 9.90. The summed E-state index contributed by atoms with van der Waals surface area (Å²) in [5.41, 5.74) is 1.00. The van der Waals surface area contributed by atoms with Crippen molar-refractivity contribution < 1.29 is 0 Å². The van der Waals surface area contributed by atoms with Crippen molar-refractivity contribution in [3.63, 3.8) is 0 Å². The van der Waals surface area contributed by atoms with Gasteiger partial charge in [-0.1, -0.05) is 33.9 Å². The molecule has 0 aliphatic rings. The Kier molecular flexibility index (Phi) is 3.74. The average molecular weight is 166 g/mol. The largest absolute Gasteiger partial charge is 0.276 e. The lowest BCUT2D eigenvalue weighted by Gasteiger charge is -2.20. The highest BCUT2D eigenvalue weighted by atomic mass is 15.4. The highest BCUT2D eigenvalue weighted by Crippen LogP contribution is 2.17. The van der Waals surface area contributed by atoms with Gasteiger partial charge in [0.25, 0.3) is 0 Å². The van der Waals surface area contributed by atoms with Crippen molar-refractivity contribution in [3.05, 3.63) is 25.4 Å². The van der Waals surface area contributed by atoms with E-state index in [1.54, 1.807) is 17.3 Å². The third kappa shape index (κ3) is 3.37. The molecule has 0 amide bonds. The molecule has 0 spiro atoms. The second-order valence-corrected chi connectivity index (χ2v) is 3.70. The molecule has 0 fully saturated rings. The first-order chi connectivity index (χ1) is 5.41. The molecule has 2 heteroatoms. The van der Waals surface area contributed by atoms with Gasteiger partial charge in [-0.3, -0.25) is 5.01 Å². The molecular formula is C10H18N2. The molecule has 0 aromatic carbocycles. The minimum Gasteiger partial charge on any atom is -0.276 e. The van der Waals surface area contributed by atoms with Crippen LogP contribution in [-0.4, -0.2) is 17.8 Å². The Morgan fingerprint density at radius 2 is 1.83 bits per heavy atom. The van der Waals surface area contributed by atoms with E-state index in [-0.39, 0.29) is 5.41 Å². The molecule has 2 nitrogen and oxygen atoms in total. The van der Waals surface area contributed by atoms with Crippen LogP contribution in [0.1, 0.15) is 20.8 Å². The van der Waals surface area contributed by atoms with E-state index in [0.717, 1.165) is 5.71 Å². The van der Waals surface area contributed by atoms with Crippen molar-refractivity contribution in [1.29, 1.82) is 0 Å². The summed E-state index contributed by atoms with van der Waals surface area (Å²) in [5.74, 6) is 0. The van der Waals surface area contributed by atoms with E-state index < -0.39 is 0 Å². The molecule has 0 aromatic rings. The van der Waals surface area contributed by atoms with Gasteiger partial charge in [0.05, 0.1) is 5.71 Å². The van der Waals surface area contributed by atoms with Crippen molar-refractivity contribution in [2.45, 2.75) is 20.8 Å². The van der Waals surface area contributed by atoms with Crippen molar-refractivity contribution in [2.24, 2.45) is 10.5 Å². The minimum absolute atomic E-state index is 0.0407. The second-order valence-electron chi connectivity index (χ2n) is 3.70. The Balaban J connectivity index is 4.66. The summed E-state index contributed by atoms with van der Waals surface area (Å²) in [6.45, 7) is 13.6. The van der Waals surface area contributed by atoms with E-state index in [0.29, 0.717) is 0 Å². The van der Waals surface area contributed by atoms with Gasteiger partial charge in [0.2, 0.25) is 0 Å². The Hall–Kier alpha value is -1.05. The van der Waals surface area contributed by atoms with Gasteiger partial charge in [0, 0.05) is 18.7 Å². The summed E-state index contributed by atoms with van der Waals surface area (Å²) >= 11 is 0. The van der Waals surface area contributed by atoms with Crippen molar-refractivity contribution >= 4 is 5.71 Å². The van der Waals surface area contributed by atoms with Crippen molar-refractivity contribution in [2.75, 3.05) is 7.05 Å². The summed E-state index contributed by atoms with van der Waals surface area (Å²) in [6, 6.07) is 0. The van der Waals surface area contributed by atoms with Gasteiger partial charge in [-0.2, -0.15) is 5.10 Å². The maximum Gasteiger partial charge on any atom is 0.0656 e. The summed E-state index contributed by atoms with van der Waals surface area (Å²) < 4.78 is 0. The predicted molar refractivity (Wildman–Crippen MR) is 55.0 cm³/mol. The van der Waals surface area contributed by atoms with E-state index in [1.807, 2.05) is 7.05 Å². The molecule has 0 aliphatic heterocycles. The molecule has 0 aromatic heterocycles. The highest BCUT2D eigenvalue weighted by Gasteiger charge is 2.16. The molecule has 0 rings (SSSR count). The van der Waals surface area contributed by atoms with E-state index in [9.17, 15) is 0 Å². The van der Waals surface area contributed by atoms with Gasteiger partial charge in [0.1, 0.15) is 0 Å². The normalized spacial score (nSPS) is 12.5. The van der Waals surface area contributed by atoms with Gasteiger partial charge < -0.3 is 0 Å². The summed E-state index contributed by atoms with van der Waals surface area (Å²) in [7, 11) is 1.85. The summed E-state index contributed by atoms with van der Waals surface area (Å²) in [6.07, 6.45) is 3.44. The molecule has 0 radical (unpaired) electrons. The van der Waals surface area contributed by atoms with Crippen LogP contribution in [0.2, 0.25) is 0 Å². The monoisotopic (exact) mass is 166 g/mol. The number of rotatable bonds is 3. The molecule has 12 heavy (non-hydrogen) atoms. The van der Waals surface area contributed by atoms with Gasteiger partial charge in [-0.15, -0.1) is 0 Å². The molecule has 68 valence electrons. The molecular weight excluding hydrogens is 148 g/mol. The minimum atomic E-state index is 0.0407. The van der Waals surface area contributed by atoms with Gasteiger partial charge in [0.15, 0.2) is 0 Å². The average Bonchev–Trinajstić information content (AvgIpc) is 1.97. The lowest BCUT2D eigenvalue weighted by molar-refractivity contribution is 0.473. The fourth-order valence-corrected chi connectivity index (χ4v) is 0.708. The summed E-state index contributed by atoms with van der Waals surface area (Å²) in [4.78, 5) is 0. The van der Waals surface area contributed by atoms with Crippen LogP contribution in [0.3, 0.4) is 0 Å². The Morgan fingerprint density at radius 1 is 1.33 bits per heavy atom. The predicted octanol–water partition coefficient (Wildman–Crippen LogP) is 2.65. The van der Waals surface area contributed by atoms with Crippen LogP contribution in [0, 0.1) is 5.41 Å². The van der Waals surface area contributed by atoms with E-state index in [4.69, 9.17) is 0 Å². The number of hydrazone groups is 1. The van der Waals surface area contributed by atoms with Gasteiger partial charge >= 0.3 is 0 Å². The van der Waals surface area contributed by atoms with E-state index in [2.05, 4.69) is 39.0 Å². The maximum atomic E-state index is 4.30. The van der Waals surface area contributed by atoms with Gasteiger partial charge in [-0.05, 0) is 6.08 Å². The molecule has 0 bridgehead atoms. The molecule has 0 heterocycles. The second kappa shape index (κ2) is 4.10. The van der Waals surface area contributed by atoms with Crippen molar-refractivity contribution in [1.82, 2.24) is 5.01 Å². The third-order valence-corrected chi connectivity index (χ3v) is 1.49. The topological polar surface area (TPSA) is 15.6 Å². The van der Waals surface area contributed by atoms with E-state index in [1.165, 1.54) is 0 Å². The van der Waals surface area contributed by atoms with Crippen LogP contribution in [-0.2, 0) is 0 Å². The zero-order valence-electron chi connectivity index (χ0n) is 8.46. The summed E-state index contributed by atoms with van der Waals surface area (Å²) in [5, 5.41) is 5.98. The molecule has 0 N–H and O–H groups in total. The first kappa shape index (κ1) is 11.0. The standard InChI is InChI=1S/C10H18N2/c1-7-9(10(3,4)5)11-12(6)8-2/h7-8H,1-2H2,3-6H3/b11-9+.